The minimum atomic E-state index is -0.256. The smallest absolute Gasteiger partial charge is 0.294 e. The van der Waals surface area contributed by atoms with Crippen molar-refractivity contribution in [3.8, 4) is 0 Å². The van der Waals surface area contributed by atoms with Crippen LogP contribution in [0.15, 0.2) is 0 Å². The Hall–Kier alpha value is -1.46. The van der Waals surface area contributed by atoms with Crippen LogP contribution in [-0.4, -0.2) is 45.5 Å². The van der Waals surface area contributed by atoms with Gasteiger partial charge in [0.2, 0.25) is 0 Å². The van der Waals surface area contributed by atoms with Crippen molar-refractivity contribution >= 4 is 5.91 Å². The van der Waals surface area contributed by atoms with E-state index in [-0.39, 0.29) is 11.7 Å². The number of H-pyrrole nitrogens is 1. The third-order valence-corrected chi connectivity index (χ3v) is 0.943. The predicted octanol–water partition coefficient (Wildman–Crippen LogP) is -1.10. The Morgan fingerprint density at radius 1 is 1.60 bits per heavy atom. The van der Waals surface area contributed by atoms with Crippen molar-refractivity contribution in [1.82, 2.24) is 25.5 Å². The number of amides is 1. The molecule has 1 aromatic rings. The lowest BCUT2D eigenvalue weighted by Gasteiger charge is -2.04. The first-order valence-corrected chi connectivity index (χ1v) is 2.67. The van der Waals surface area contributed by atoms with Gasteiger partial charge in [-0.2, -0.15) is 5.21 Å². The summed E-state index contributed by atoms with van der Waals surface area (Å²) < 4.78 is 0. The van der Waals surface area contributed by atoms with Gasteiger partial charge in [-0.15, -0.1) is 10.2 Å². The monoisotopic (exact) mass is 141 g/mol. The highest BCUT2D eigenvalue weighted by molar-refractivity contribution is 5.89. The average Bonchev–Trinajstić information content (AvgIpc) is 2.36. The highest BCUT2D eigenvalue weighted by Crippen LogP contribution is 1.88. The van der Waals surface area contributed by atoms with Gasteiger partial charge in [-0.25, -0.2) is 0 Å². The van der Waals surface area contributed by atoms with Gasteiger partial charge in [-0.05, 0) is 5.21 Å². The number of carbonyl (C=O) groups is 1. The van der Waals surface area contributed by atoms with Crippen LogP contribution in [0.4, 0.5) is 0 Å². The molecule has 0 aliphatic carbocycles. The van der Waals surface area contributed by atoms with Crippen molar-refractivity contribution in [2.75, 3.05) is 14.1 Å². The molecule has 54 valence electrons. The van der Waals surface area contributed by atoms with E-state index in [0.717, 1.165) is 0 Å². The Bertz CT molecular complexity index is 216. The molecule has 0 spiro atoms. The fourth-order valence-corrected chi connectivity index (χ4v) is 0.452. The van der Waals surface area contributed by atoms with E-state index in [9.17, 15) is 4.79 Å². The molecule has 6 nitrogen and oxygen atoms in total. The first-order chi connectivity index (χ1) is 4.72. The van der Waals surface area contributed by atoms with Gasteiger partial charge < -0.3 is 4.90 Å². The molecule has 0 radical (unpaired) electrons. The Morgan fingerprint density at radius 3 is 2.70 bits per heavy atom. The maximum atomic E-state index is 10.9. The van der Waals surface area contributed by atoms with E-state index in [1.807, 2.05) is 0 Å². The number of nitrogens with one attached hydrogen (secondary N) is 1. The lowest BCUT2D eigenvalue weighted by molar-refractivity contribution is 0.0816. The van der Waals surface area contributed by atoms with Crippen molar-refractivity contribution in [2.24, 2.45) is 0 Å². The molecular formula is C4H7N5O. The van der Waals surface area contributed by atoms with Crippen LogP contribution in [0, 0.1) is 0 Å². The number of carbonyl (C=O) groups excluding carboxylic acids is 1. The van der Waals surface area contributed by atoms with Crippen molar-refractivity contribution in [1.29, 1.82) is 0 Å². The van der Waals surface area contributed by atoms with Crippen molar-refractivity contribution in [2.45, 2.75) is 0 Å². The molecule has 1 aromatic heterocycles. The first kappa shape index (κ1) is 6.66. The second-order valence-corrected chi connectivity index (χ2v) is 1.93. The Labute approximate surface area is 57.2 Å². The van der Waals surface area contributed by atoms with E-state index in [2.05, 4.69) is 20.6 Å². The Morgan fingerprint density at radius 2 is 2.30 bits per heavy atom. The van der Waals surface area contributed by atoms with Crippen LogP contribution < -0.4 is 0 Å². The molecule has 0 bridgehead atoms. The number of aromatic amines is 1. The molecule has 10 heavy (non-hydrogen) atoms. The van der Waals surface area contributed by atoms with Crippen LogP contribution in [0.2, 0.25) is 0 Å². The van der Waals surface area contributed by atoms with Gasteiger partial charge in [0.1, 0.15) is 0 Å². The summed E-state index contributed by atoms with van der Waals surface area (Å²) in [5, 5.41) is 12.4. The van der Waals surface area contributed by atoms with Crippen LogP contribution in [-0.2, 0) is 0 Å². The maximum Gasteiger partial charge on any atom is 0.294 e. The van der Waals surface area contributed by atoms with E-state index >= 15 is 0 Å². The van der Waals surface area contributed by atoms with Gasteiger partial charge >= 0.3 is 0 Å². The summed E-state index contributed by atoms with van der Waals surface area (Å²) in [5.41, 5.74) is 0. The third kappa shape index (κ3) is 1.09. The van der Waals surface area contributed by atoms with E-state index in [4.69, 9.17) is 0 Å². The lowest BCUT2D eigenvalue weighted by atomic mass is 10.5. The van der Waals surface area contributed by atoms with Crippen LogP contribution in [0.1, 0.15) is 10.6 Å². The highest BCUT2D eigenvalue weighted by atomic mass is 16.2. The van der Waals surface area contributed by atoms with Crippen molar-refractivity contribution in [3.63, 3.8) is 0 Å². The molecule has 0 fully saturated rings. The van der Waals surface area contributed by atoms with E-state index in [0.29, 0.717) is 0 Å². The van der Waals surface area contributed by atoms with Crippen LogP contribution in [0.3, 0.4) is 0 Å². The normalized spacial score (nSPS) is 9.40. The molecule has 0 saturated heterocycles. The predicted molar refractivity (Wildman–Crippen MR) is 32.2 cm³/mol. The molecule has 0 atom stereocenters. The Kier molecular flexibility index (Phi) is 1.61. The van der Waals surface area contributed by atoms with Gasteiger partial charge in [0.05, 0.1) is 0 Å². The molecule has 0 saturated carbocycles. The molecule has 1 N–H and O–H groups in total. The zero-order valence-electron chi connectivity index (χ0n) is 5.70. The molecule has 1 heterocycles. The maximum absolute atomic E-state index is 10.9. The number of hydrogen-bond acceptors (Lipinski definition) is 4. The van der Waals surface area contributed by atoms with Crippen molar-refractivity contribution < 1.29 is 4.79 Å². The summed E-state index contributed by atoms with van der Waals surface area (Å²) in [5.74, 6) is -0.168. The van der Waals surface area contributed by atoms with Crippen LogP contribution >= 0.6 is 0 Å². The fraction of sp³-hybridized carbons (Fsp3) is 0.500. The zero-order valence-corrected chi connectivity index (χ0v) is 5.70. The van der Waals surface area contributed by atoms with Gasteiger partial charge in [-0.1, -0.05) is 0 Å². The summed E-state index contributed by atoms with van der Waals surface area (Å²) >= 11 is 0. The quantitative estimate of drug-likeness (QED) is 0.538. The fourth-order valence-electron chi connectivity index (χ4n) is 0.452. The van der Waals surface area contributed by atoms with Gasteiger partial charge in [0, 0.05) is 14.1 Å². The van der Waals surface area contributed by atoms with Gasteiger partial charge in [-0.3, -0.25) is 4.79 Å². The van der Waals surface area contributed by atoms with E-state index in [1.54, 1.807) is 14.1 Å². The number of hydrogen-bond donors (Lipinski definition) is 1. The summed E-state index contributed by atoms with van der Waals surface area (Å²) in [6.07, 6.45) is 0. The van der Waals surface area contributed by atoms with E-state index in [1.165, 1.54) is 4.90 Å². The van der Waals surface area contributed by atoms with Crippen LogP contribution in [0.25, 0.3) is 0 Å². The SMILES string of the molecule is CN(C)C(=O)c1nn[nH]n1. The molecule has 0 aliphatic heterocycles. The molecule has 0 unspecified atom stereocenters. The largest absolute Gasteiger partial charge is 0.342 e. The molecule has 6 heteroatoms. The first-order valence-electron chi connectivity index (χ1n) is 2.67. The molecule has 0 aromatic carbocycles. The lowest BCUT2D eigenvalue weighted by Crippen LogP contribution is -2.22. The summed E-state index contributed by atoms with van der Waals surface area (Å²) in [7, 11) is 3.25. The van der Waals surface area contributed by atoms with Crippen LogP contribution in [0.5, 0.6) is 0 Å². The zero-order chi connectivity index (χ0) is 7.56. The second-order valence-electron chi connectivity index (χ2n) is 1.93. The molecule has 1 rings (SSSR count). The average molecular weight is 141 g/mol. The number of nitrogens with zero attached hydrogens (tertiary/aromatic N) is 4. The van der Waals surface area contributed by atoms with Gasteiger partial charge in [0.15, 0.2) is 0 Å². The Balaban J connectivity index is 2.78. The minimum Gasteiger partial charge on any atom is -0.342 e. The van der Waals surface area contributed by atoms with Gasteiger partial charge in [0.25, 0.3) is 11.7 Å². The second kappa shape index (κ2) is 2.42. The summed E-state index contributed by atoms with van der Waals surface area (Å²) in [6, 6.07) is 0. The summed E-state index contributed by atoms with van der Waals surface area (Å²) in [4.78, 5) is 12.3. The van der Waals surface area contributed by atoms with E-state index < -0.39 is 0 Å². The minimum absolute atomic E-state index is 0.0880. The molecule has 1 amide bonds. The topological polar surface area (TPSA) is 74.8 Å². The number of rotatable bonds is 1. The van der Waals surface area contributed by atoms with Crippen molar-refractivity contribution in [3.05, 3.63) is 5.82 Å². The standard InChI is InChI=1S/C4H7N5O/c1-9(2)4(10)3-5-7-8-6-3/h1-2H3,(H,5,6,7,8). The molecular weight excluding hydrogens is 134 g/mol. The third-order valence-electron chi connectivity index (χ3n) is 0.943. The summed E-state index contributed by atoms with van der Waals surface area (Å²) in [6.45, 7) is 0. The number of tetrazole rings is 1. The molecule has 0 aliphatic rings. The number of aromatic nitrogens is 4. The highest BCUT2D eigenvalue weighted by Gasteiger charge is 2.11.